The van der Waals surface area contributed by atoms with E-state index >= 15 is 0 Å². The monoisotopic (exact) mass is 346 g/mol. The maximum atomic E-state index is 12.4. The molecular weight excluding hydrogens is 333 g/mol. The van der Waals surface area contributed by atoms with Crippen molar-refractivity contribution >= 4 is 29.0 Å². The molecule has 0 saturated heterocycles. The van der Waals surface area contributed by atoms with Gasteiger partial charge in [-0.25, -0.2) is 4.98 Å². The fourth-order valence-electron chi connectivity index (χ4n) is 1.66. The third kappa shape index (κ3) is 4.74. The Morgan fingerprint density at radius 3 is 2.73 bits per heavy atom. The predicted molar refractivity (Wildman–Crippen MR) is 80.8 cm³/mol. The lowest BCUT2D eigenvalue weighted by molar-refractivity contribution is -0.137. The minimum Gasteiger partial charge on any atom is -0.348 e. The Balaban J connectivity index is 1.83. The van der Waals surface area contributed by atoms with Gasteiger partial charge in [-0.15, -0.1) is 11.3 Å². The number of hydrogen-bond donors (Lipinski definition) is 1. The lowest BCUT2D eigenvalue weighted by Crippen LogP contribution is -2.27. The number of pyridine rings is 1. The summed E-state index contributed by atoms with van der Waals surface area (Å²) in [6, 6.07) is 5.97. The number of halogens is 3. The summed E-state index contributed by atoms with van der Waals surface area (Å²) in [7, 11) is 0. The molecule has 2 heterocycles. The van der Waals surface area contributed by atoms with Gasteiger partial charge in [0.2, 0.25) is 5.91 Å². The molecular formula is C14H13F3N2OS2. The molecule has 8 heteroatoms. The van der Waals surface area contributed by atoms with Crippen LogP contribution in [0.15, 0.2) is 40.9 Å². The number of aromatic nitrogens is 1. The van der Waals surface area contributed by atoms with E-state index in [-0.39, 0.29) is 17.7 Å². The number of amides is 1. The van der Waals surface area contributed by atoms with Gasteiger partial charge >= 0.3 is 6.18 Å². The number of carbonyl (C=O) groups excluding carboxylic acids is 1. The van der Waals surface area contributed by atoms with Crippen molar-refractivity contribution in [2.45, 2.75) is 24.2 Å². The molecule has 0 aliphatic carbocycles. The lowest BCUT2D eigenvalue weighted by Gasteiger charge is -2.12. The maximum Gasteiger partial charge on any atom is 0.417 e. The molecule has 0 fully saturated rings. The normalized spacial score (nSPS) is 12.9. The van der Waals surface area contributed by atoms with E-state index in [4.69, 9.17) is 0 Å². The second kappa shape index (κ2) is 7.15. The van der Waals surface area contributed by atoms with E-state index < -0.39 is 11.7 Å². The largest absolute Gasteiger partial charge is 0.417 e. The summed E-state index contributed by atoms with van der Waals surface area (Å²) in [4.78, 5) is 16.6. The van der Waals surface area contributed by atoms with Crippen LogP contribution in [0.25, 0.3) is 0 Å². The second-order valence-corrected chi connectivity index (χ2v) is 6.45. The Bertz CT molecular complexity index is 612. The Morgan fingerprint density at radius 2 is 2.18 bits per heavy atom. The molecule has 0 spiro atoms. The third-order valence-electron chi connectivity index (χ3n) is 2.76. The molecule has 0 bridgehead atoms. The molecule has 22 heavy (non-hydrogen) atoms. The van der Waals surface area contributed by atoms with Gasteiger partial charge in [-0.1, -0.05) is 17.8 Å². The number of nitrogens with one attached hydrogen (secondary N) is 1. The smallest absolute Gasteiger partial charge is 0.348 e. The van der Waals surface area contributed by atoms with Gasteiger partial charge in [0, 0.05) is 11.1 Å². The average Bonchev–Trinajstić information content (AvgIpc) is 2.99. The first-order valence-electron chi connectivity index (χ1n) is 6.35. The first-order chi connectivity index (χ1) is 10.4. The molecule has 0 saturated carbocycles. The zero-order valence-corrected chi connectivity index (χ0v) is 13.2. The molecule has 0 aliphatic heterocycles. The van der Waals surface area contributed by atoms with Crippen molar-refractivity contribution < 1.29 is 18.0 Å². The van der Waals surface area contributed by atoms with E-state index in [1.54, 1.807) is 11.3 Å². The highest BCUT2D eigenvalue weighted by Gasteiger charge is 2.30. The number of nitrogens with zero attached hydrogens (tertiary/aromatic N) is 1. The van der Waals surface area contributed by atoms with E-state index in [1.807, 2.05) is 24.4 Å². The van der Waals surface area contributed by atoms with Crippen LogP contribution in [0.5, 0.6) is 0 Å². The van der Waals surface area contributed by atoms with Crippen LogP contribution in [0.1, 0.15) is 23.4 Å². The van der Waals surface area contributed by atoms with Crippen molar-refractivity contribution in [3.05, 3.63) is 46.3 Å². The number of rotatable bonds is 5. The van der Waals surface area contributed by atoms with Gasteiger partial charge in [-0.3, -0.25) is 4.79 Å². The molecule has 3 nitrogen and oxygen atoms in total. The molecule has 118 valence electrons. The highest BCUT2D eigenvalue weighted by molar-refractivity contribution is 7.99. The van der Waals surface area contributed by atoms with Crippen LogP contribution in [-0.4, -0.2) is 16.6 Å². The van der Waals surface area contributed by atoms with Crippen LogP contribution in [0.3, 0.4) is 0 Å². The summed E-state index contributed by atoms with van der Waals surface area (Å²) in [5.74, 6) is -0.0822. The predicted octanol–water partition coefficient (Wildman–Crippen LogP) is 4.13. The Labute approximate surface area is 134 Å². The number of alkyl halides is 3. The fraction of sp³-hybridized carbons (Fsp3) is 0.286. The van der Waals surface area contributed by atoms with Crippen molar-refractivity contribution in [1.29, 1.82) is 0 Å². The zero-order valence-electron chi connectivity index (χ0n) is 11.6. The van der Waals surface area contributed by atoms with Crippen molar-refractivity contribution in [3.8, 4) is 0 Å². The van der Waals surface area contributed by atoms with Gasteiger partial charge in [-0.05, 0) is 30.5 Å². The van der Waals surface area contributed by atoms with Crippen LogP contribution < -0.4 is 5.32 Å². The highest BCUT2D eigenvalue weighted by atomic mass is 32.2. The van der Waals surface area contributed by atoms with Gasteiger partial charge in [0.05, 0.1) is 22.4 Å². The van der Waals surface area contributed by atoms with E-state index in [2.05, 4.69) is 10.3 Å². The van der Waals surface area contributed by atoms with E-state index in [0.717, 1.165) is 28.9 Å². The van der Waals surface area contributed by atoms with Gasteiger partial charge < -0.3 is 5.32 Å². The number of thiophene rings is 1. The number of thioether (sulfide) groups is 1. The molecule has 1 N–H and O–H groups in total. The van der Waals surface area contributed by atoms with Crippen LogP contribution >= 0.6 is 23.1 Å². The van der Waals surface area contributed by atoms with Crippen molar-refractivity contribution in [2.24, 2.45) is 0 Å². The van der Waals surface area contributed by atoms with Crippen LogP contribution in [0.4, 0.5) is 13.2 Å². The van der Waals surface area contributed by atoms with Crippen molar-refractivity contribution in [3.63, 3.8) is 0 Å². The van der Waals surface area contributed by atoms with Crippen LogP contribution in [0, 0.1) is 0 Å². The highest BCUT2D eigenvalue weighted by Crippen LogP contribution is 2.29. The molecule has 2 rings (SSSR count). The number of hydrogen-bond acceptors (Lipinski definition) is 4. The molecule has 1 amide bonds. The fourth-order valence-corrected chi connectivity index (χ4v) is 3.05. The topological polar surface area (TPSA) is 42.0 Å². The van der Waals surface area contributed by atoms with Gasteiger partial charge in [0.1, 0.15) is 0 Å². The lowest BCUT2D eigenvalue weighted by atomic mass is 10.3. The quantitative estimate of drug-likeness (QED) is 0.828. The van der Waals surface area contributed by atoms with E-state index in [1.165, 1.54) is 6.07 Å². The molecule has 2 aromatic heterocycles. The summed E-state index contributed by atoms with van der Waals surface area (Å²) >= 11 is 2.65. The number of carbonyl (C=O) groups is 1. The summed E-state index contributed by atoms with van der Waals surface area (Å²) in [6.45, 7) is 1.88. The Hall–Kier alpha value is -1.54. The minimum absolute atomic E-state index is 0.0892. The average molecular weight is 346 g/mol. The van der Waals surface area contributed by atoms with Gasteiger partial charge in [-0.2, -0.15) is 13.2 Å². The Kier molecular flexibility index (Phi) is 5.47. The molecule has 0 aliphatic rings. The van der Waals surface area contributed by atoms with E-state index in [0.29, 0.717) is 5.03 Å². The zero-order chi connectivity index (χ0) is 16.2. The molecule has 0 unspecified atom stereocenters. The third-order valence-corrected chi connectivity index (χ3v) is 4.76. The second-order valence-electron chi connectivity index (χ2n) is 4.48. The van der Waals surface area contributed by atoms with Crippen molar-refractivity contribution in [1.82, 2.24) is 10.3 Å². The SMILES string of the molecule is C[C@@H](NC(=O)CSc1ccc(C(F)(F)F)cn1)c1cccs1. The van der Waals surface area contributed by atoms with Crippen molar-refractivity contribution in [2.75, 3.05) is 5.75 Å². The standard InChI is InChI=1S/C14H13F3N2OS2/c1-9(11-3-2-6-21-11)19-12(20)8-22-13-5-4-10(7-18-13)14(15,16)17/h2-7,9H,8H2,1H3,(H,19,20)/t9-/m1/s1. The summed E-state index contributed by atoms with van der Waals surface area (Å²) in [6.07, 6.45) is -3.63. The van der Waals surface area contributed by atoms with E-state index in [9.17, 15) is 18.0 Å². The van der Waals surface area contributed by atoms with Gasteiger partial charge in [0.15, 0.2) is 0 Å². The molecule has 0 radical (unpaired) electrons. The Morgan fingerprint density at radius 1 is 1.41 bits per heavy atom. The van der Waals surface area contributed by atoms with Crippen LogP contribution in [-0.2, 0) is 11.0 Å². The first kappa shape index (κ1) is 16.8. The van der Waals surface area contributed by atoms with Crippen LogP contribution in [0.2, 0.25) is 0 Å². The summed E-state index contributed by atoms with van der Waals surface area (Å²) in [5.41, 5.74) is -0.799. The summed E-state index contributed by atoms with van der Waals surface area (Å²) in [5, 5.41) is 5.14. The first-order valence-corrected chi connectivity index (χ1v) is 8.21. The molecule has 1 atom stereocenters. The minimum atomic E-state index is -4.40. The maximum absolute atomic E-state index is 12.4. The van der Waals surface area contributed by atoms with Gasteiger partial charge in [0.25, 0.3) is 0 Å². The molecule has 2 aromatic rings. The summed E-state index contributed by atoms with van der Waals surface area (Å²) < 4.78 is 37.2. The molecule has 0 aromatic carbocycles.